The molecule has 2 rings (SSSR count). The molecule has 1 aromatic heterocycles. The molecule has 0 fully saturated rings. The van der Waals surface area contributed by atoms with Crippen molar-refractivity contribution >= 4 is 34.3 Å². The SMILES string of the molecule is Cc1cc(C)c(S(=O)(=O)NC(C(S)c2ncc(C(F)(F)F)cc2Cl)C(F)(F)F)c(C)c1. The van der Waals surface area contributed by atoms with Gasteiger partial charge in [-0.05, 0) is 38.0 Å². The Bertz CT molecular complexity index is 1060. The number of nitrogens with zero attached hydrogens (tertiary/aromatic N) is 1. The van der Waals surface area contributed by atoms with Crippen molar-refractivity contribution in [3.05, 3.63) is 57.4 Å². The molecule has 0 bridgehead atoms. The number of pyridine rings is 1. The molecule has 0 radical (unpaired) electrons. The Kier molecular flexibility index (Phi) is 7.31. The van der Waals surface area contributed by atoms with Crippen molar-refractivity contribution < 1.29 is 34.8 Å². The Hall–Kier alpha value is -1.50. The Morgan fingerprint density at radius 2 is 1.55 bits per heavy atom. The predicted molar refractivity (Wildman–Crippen MR) is 107 cm³/mol. The highest BCUT2D eigenvalue weighted by atomic mass is 35.5. The molecule has 172 valence electrons. The number of rotatable bonds is 5. The van der Waals surface area contributed by atoms with Gasteiger partial charge in [-0.15, -0.1) is 0 Å². The topological polar surface area (TPSA) is 59.1 Å². The van der Waals surface area contributed by atoms with Gasteiger partial charge in [-0.25, -0.2) is 8.42 Å². The van der Waals surface area contributed by atoms with E-state index in [1.54, 1.807) is 11.6 Å². The second-order valence-electron chi connectivity index (χ2n) is 6.90. The van der Waals surface area contributed by atoms with Gasteiger partial charge in [0, 0.05) is 6.20 Å². The number of aryl methyl sites for hydroxylation is 3. The Morgan fingerprint density at radius 1 is 1.03 bits per heavy atom. The first kappa shape index (κ1) is 25.8. The zero-order valence-corrected chi connectivity index (χ0v) is 18.7. The number of thiol groups is 1. The third-order valence-corrected chi connectivity index (χ3v) is 6.89. The molecule has 2 atom stereocenters. The number of alkyl halides is 6. The Morgan fingerprint density at radius 3 is 1.97 bits per heavy atom. The minimum Gasteiger partial charge on any atom is -0.258 e. The third kappa shape index (κ3) is 5.85. The van der Waals surface area contributed by atoms with Gasteiger partial charge in [0.2, 0.25) is 10.0 Å². The van der Waals surface area contributed by atoms with E-state index in [9.17, 15) is 34.8 Å². The normalized spacial score (nSPS) is 15.1. The molecule has 1 N–H and O–H groups in total. The van der Waals surface area contributed by atoms with Gasteiger partial charge >= 0.3 is 12.4 Å². The van der Waals surface area contributed by atoms with Crippen LogP contribution in [0, 0.1) is 20.8 Å². The first-order valence-electron chi connectivity index (χ1n) is 8.52. The summed E-state index contributed by atoms with van der Waals surface area (Å²) in [7, 11) is -4.69. The van der Waals surface area contributed by atoms with Gasteiger partial charge in [0.05, 0.1) is 26.4 Å². The number of sulfonamides is 1. The van der Waals surface area contributed by atoms with Crippen LogP contribution in [0.25, 0.3) is 0 Å². The molecular weight excluding hydrogens is 490 g/mol. The molecular formula is C18H17ClF6N2O2S2. The molecule has 0 spiro atoms. The predicted octanol–water partition coefficient (Wildman–Crippen LogP) is 5.56. The van der Waals surface area contributed by atoms with Crippen molar-refractivity contribution in [3.63, 3.8) is 0 Å². The molecule has 4 nitrogen and oxygen atoms in total. The van der Waals surface area contributed by atoms with Crippen LogP contribution < -0.4 is 4.72 Å². The summed E-state index contributed by atoms with van der Waals surface area (Å²) in [6.45, 7) is 4.57. The third-order valence-electron chi connectivity index (χ3n) is 4.30. The van der Waals surface area contributed by atoms with Crippen molar-refractivity contribution in [1.29, 1.82) is 0 Å². The monoisotopic (exact) mass is 506 g/mol. The van der Waals surface area contributed by atoms with Gasteiger partial charge in [-0.1, -0.05) is 29.3 Å². The van der Waals surface area contributed by atoms with Crippen LogP contribution in [0.5, 0.6) is 0 Å². The minimum absolute atomic E-state index is 0.229. The zero-order chi connectivity index (χ0) is 23.9. The lowest BCUT2D eigenvalue weighted by atomic mass is 10.1. The van der Waals surface area contributed by atoms with Gasteiger partial charge in [0.1, 0.15) is 6.04 Å². The lowest BCUT2D eigenvalue weighted by molar-refractivity contribution is -0.151. The number of benzene rings is 1. The molecule has 1 aromatic carbocycles. The molecule has 0 amide bonds. The molecule has 0 aliphatic heterocycles. The maximum absolute atomic E-state index is 13.7. The summed E-state index contributed by atoms with van der Waals surface area (Å²) >= 11 is 9.53. The highest BCUT2D eigenvalue weighted by Gasteiger charge is 2.48. The van der Waals surface area contributed by atoms with Crippen molar-refractivity contribution in [2.45, 2.75) is 49.3 Å². The van der Waals surface area contributed by atoms with Crippen LogP contribution in [0.2, 0.25) is 5.02 Å². The fourth-order valence-corrected chi connectivity index (χ4v) is 5.70. The van der Waals surface area contributed by atoms with Gasteiger partial charge in [-0.2, -0.15) is 43.7 Å². The van der Waals surface area contributed by atoms with Crippen molar-refractivity contribution in [3.8, 4) is 0 Å². The van der Waals surface area contributed by atoms with Crippen LogP contribution in [0.15, 0.2) is 29.3 Å². The summed E-state index contributed by atoms with van der Waals surface area (Å²) in [5.41, 5.74) is -0.744. The molecule has 0 saturated carbocycles. The number of hydrogen-bond acceptors (Lipinski definition) is 4. The number of aromatic nitrogens is 1. The van der Waals surface area contributed by atoms with E-state index >= 15 is 0 Å². The maximum atomic E-state index is 13.7. The lowest BCUT2D eigenvalue weighted by Crippen LogP contribution is -2.48. The zero-order valence-electron chi connectivity index (χ0n) is 16.2. The van der Waals surface area contributed by atoms with E-state index in [-0.39, 0.29) is 16.0 Å². The van der Waals surface area contributed by atoms with Crippen LogP contribution >= 0.6 is 24.2 Å². The van der Waals surface area contributed by atoms with Crippen LogP contribution in [-0.2, 0) is 16.2 Å². The van der Waals surface area contributed by atoms with Gasteiger partial charge in [0.25, 0.3) is 0 Å². The fourth-order valence-electron chi connectivity index (χ4n) is 3.11. The van der Waals surface area contributed by atoms with Crippen molar-refractivity contribution in [2.75, 3.05) is 0 Å². The van der Waals surface area contributed by atoms with Crippen LogP contribution in [0.3, 0.4) is 0 Å². The number of nitrogens with one attached hydrogen (secondary N) is 1. The largest absolute Gasteiger partial charge is 0.417 e. The standard InChI is InChI=1S/C18H17ClF6N2O2S2/c1-8-4-9(2)15(10(3)5-8)31(28,29)27-16(18(23,24)25)14(30)13-12(19)6-11(7-26-13)17(20,21)22/h4-7,14,16,27,30H,1-3H3. The van der Waals surface area contributed by atoms with Crippen LogP contribution in [0.1, 0.15) is 33.2 Å². The van der Waals surface area contributed by atoms with Gasteiger partial charge < -0.3 is 0 Å². The van der Waals surface area contributed by atoms with Crippen molar-refractivity contribution in [2.24, 2.45) is 0 Å². The van der Waals surface area contributed by atoms with E-state index in [0.717, 1.165) is 0 Å². The second-order valence-corrected chi connectivity index (χ2v) is 9.52. The smallest absolute Gasteiger partial charge is 0.258 e. The molecule has 0 saturated heterocycles. The van der Waals surface area contributed by atoms with Crippen LogP contribution in [-0.4, -0.2) is 25.6 Å². The number of halogens is 7. The van der Waals surface area contributed by atoms with Gasteiger partial charge in [0.15, 0.2) is 0 Å². The first-order chi connectivity index (χ1) is 13.9. The Balaban J connectivity index is 2.51. The van der Waals surface area contributed by atoms with Gasteiger partial charge in [-0.3, -0.25) is 4.98 Å². The highest BCUT2D eigenvalue weighted by Crippen LogP contribution is 2.39. The molecule has 2 aromatic rings. The lowest BCUT2D eigenvalue weighted by Gasteiger charge is -2.27. The fraction of sp³-hybridized carbons (Fsp3) is 0.389. The molecule has 2 unspecified atom stereocenters. The van der Waals surface area contributed by atoms with Crippen LogP contribution in [0.4, 0.5) is 26.3 Å². The van der Waals surface area contributed by atoms with E-state index in [1.807, 2.05) is 0 Å². The summed E-state index contributed by atoms with van der Waals surface area (Å²) in [5.74, 6) is 0. The van der Waals surface area contributed by atoms with E-state index in [1.165, 1.54) is 26.0 Å². The molecule has 0 aliphatic rings. The minimum atomic E-state index is -5.15. The summed E-state index contributed by atoms with van der Waals surface area (Å²) in [4.78, 5) is 3.03. The van der Waals surface area contributed by atoms with E-state index < -0.39 is 49.9 Å². The maximum Gasteiger partial charge on any atom is 0.417 e. The Labute approximate surface area is 185 Å². The summed E-state index contributed by atoms with van der Waals surface area (Å²) in [6.07, 6.45) is -9.66. The first-order valence-corrected chi connectivity index (χ1v) is 10.9. The average molecular weight is 507 g/mol. The average Bonchev–Trinajstić information content (AvgIpc) is 2.56. The highest BCUT2D eigenvalue weighted by molar-refractivity contribution is 7.89. The molecule has 31 heavy (non-hydrogen) atoms. The summed E-state index contributed by atoms with van der Waals surface area (Å²) in [5, 5.41) is -2.75. The van der Waals surface area contributed by atoms with E-state index in [4.69, 9.17) is 11.6 Å². The molecule has 13 heteroatoms. The number of hydrogen-bond donors (Lipinski definition) is 2. The second kappa shape index (κ2) is 8.80. The van der Waals surface area contributed by atoms with E-state index in [0.29, 0.717) is 17.8 Å². The van der Waals surface area contributed by atoms with E-state index in [2.05, 4.69) is 17.6 Å². The molecule has 1 heterocycles. The molecule has 0 aliphatic carbocycles. The summed E-state index contributed by atoms with van der Waals surface area (Å²) in [6, 6.07) is 0.582. The quantitative estimate of drug-likeness (QED) is 0.412. The van der Waals surface area contributed by atoms with Crippen molar-refractivity contribution in [1.82, 2.24) is 9.71 Å². The summed E-state index contributed by atoms with van der Waals surface area (Å²) < 4.78 is 107.